The van der Waals surface area contributed by atoms with Crippen molar-refractivity contribution in [1.82, 2.24) is 0 Å². The molecule has 0 aliphatic rings. The molecule has 0 aliphatic carbocycles. The van der Waals surface area contributed by atoms with Crippen LogP contribution < -0.4 is 4.90 Å². The summed E-state index contributed by atoms with van der Waals surface area (Å²) in [4.78, 5) is 6.45. The van der Waals surface area contributed by atoms with Crippen molar-refractivity contribution in [2.45, 2.75) is 0 Å². The zero-order chi connectivity index (χ0) is 15.2. The Morgan fingerprint density at radius 2 is 1.05 bits per heavy atom. The summed E-state index contributed by atoms with van der Waals surface area (Å²) in [5.41, 5.74) is 2.76. The van der Waals surface area contributed by atoms with Gasteiger partial charge in [0.25, 0.3) is 0 Å². The molecular weight excluding hydrogens is 292 g/mol. The van der Waals surface area contributed by atoms with Crippen molar-refractivity contribution in [3.8, 4) is 0 Å². The van der Waals surface area contributed by atoms with Crippen LogP contribution in [0, 0.1) is 0 Å². The van der Waals surface area contributed by atoms with Crippen molar-refractivity contribution in [1.29, 1.82) is 0 Å². The van der Waals surface area contributed by atoms with Gasteiger partial charge in [0.2, 0.25) is 5.29 Å². The van der Waals surface area contributed by atoms with E-state index in [1.807, 2.05) is 95.9 Å². The zero-order valence-corrected chi connectivity index (χ0v) is 12.7. The quantitative estimate of drug-likeness (QED) is 0.342. The fourth-order valence-electron chi connectivity index (χ4n) is 2.18. The number of halogens is 1. The summed E-state index contributed by atoms with van der Waals surface area (Å²) in [7, 11) is 0. The molecule has 3 heteroatoms. The second-order valence-electron chi connectivity index (χ2n) is 4.72. The molecule has 0 spiro atoms. The van der Waals surface area contributed by atoms with Gasteiger partial charge in [-0.1, -0.05) is 54.6 Å². The van der Waals surface area contributed by atoms with Crippen molar-refractivity contribution in [3.05, 3.63) is 91.0 Å². The number of hydrogen-bond donors (Lipinski definition) is 0. The molecule has 3 aromatic rings. The highest BCUT2D eigenvalue weighted by Gasteiger charge is 2.13. The lowest BCUT2D eigenvalue weighted by molar-refractivity contribution is 1.34. The highest BCUT2D eigenvalue weighted by atomic mass is 35.5. The lowest BCUT2D eigenvalue weighted by atomic mass is 10.2. The Labute approximate surface area is 135 Å². The number of rotatable bonds is 3. The van der Waals surface area contributed by atoms with Crippen LogP contribution in [0.15, 0.2) is 96.0 Å². The van der Waals surface area contributed by atoms with E-state index in [0.29, 0.717) is 5.29 Å². The fourth-order valence-corrected chi connectivity index (χ4v) is 2.47. The summed E-state index contributed by atoms with van der Waals surface area (Å²) in [6.45, 7) is 0. The van der Waals surface area contributed by atoms with Gasteiger partial charge in [-0.05, 0) is 48.0 Å². The normalized spacial score (nSPS) is 11.2. The standard InChI is InChI=1S/C19H15ClN2/c20-19(21-16-10-4-1-5-11-16)22(17-12-6-2-7-13-17)18-14-8-3-9-15-18/h1-15H. The fraction of sp³-hybridized carbons (Fsp3) is 0. The minimum atomic E-state index is 0.406. The van der Waals surface area contributed by atoms with Crippen LogP contribution in [0.1, 0.15) is 0 Å². The van der Waals surface area contributed by atoms with Crippen molar-refractivity contribution in [2.24, 2.45) is 4.99 Å². The lowest BCUT2D eigenvalue weighted by Crippen LogP contribution is -2.20. The first-order chi connectivity index (χ1) is 10.8. The third-order valence-electron chi connectivity index (χ3n) is 3.19. The number of hydrogen-bond acceptors (Lipinski definition) is 1. The highest BCUT2D eigenvalue weighted by molar-refractivity contribution is 6.68. The molecule has 0 aliphatic heterocycles. The van der Waals surface area contributed by atoms with E-state index < -0.39 is 0 Å². The van der Waals surface area contributed by atoms with Crippen LogP contribution in [-0.2, 0) is 0 Å². The molecule has 3 rings (SSSR count). The summed E-state index contributed by atoms with van der Waals surface area (Å²) in [6, 6.07) is 29.6. The summed E-state index contributed by atoms with van der Waals surface area (Å²) in [6.07, 6.45) is 0. The average molecular weight is 307 g/mol. The zero-order valence-electron chi connectivity index (χ0n) is 11.9. The highest BCUT2D eigenvalue weighted by Crippen LogP contribution is 2.28. The maximum atomic E-state index is 6.53. The van der Waals surface area contributed by atoms with E-state index in [1.54, 1.807) is 0 Å². The third-order valence-corrected chi connectivity index (χ3v) is 3.44. The first kappa shape index (κ1) is 14.4. The third kappa shape index (κ3) is 3.35. The Kier molecular flexibility index (Phi) is 4.52. The van der Waals surface area contributed by atoms with Crippen molar-refractivity contribution in [3.63, 3.8) is 0 Å². The first-order valence-corrected chi connectivity index (χ1v) is 7.42. The molecule has 0 amide bonds. The van der Waals surface area contributed by atoms with E-state index in [4.69, 9.17) is 11.6 Å². The van der Waals surface area contributed by atoms with E-state index in [1.165, 1.54) is 0 Å². The number of aliphatic imine (C=N–C) groups is 1. The van der Waals surface area contributed by atoms with Crippen LogP contribution in [0.4, 0.5) is 17.1 Å². The van der Waals surface area contributed by atoms with E-state index in [9.17, 15) is 0 Å². The summed E-state index contributed by atoms with van der Waals surface area (Å²) in [5, 5.41) is 0.406. The molecule has 22 heavy (non-hydrogen) atoms. The molecule has 0 bridgehead atoms. The average Bonchev–Trinajstić information content (AvgIpc) is 2.58. The Balaban J connectivity index is 2.04. The van der Waals surface area contributed by atoms with Gasteiger partial charge in [-0.15, -0.1) is 0 Å². The molecule has 108 valence electrons. The van der Waals surface area contributed by atoms with Crippen molar-refractivity contribution in [2.75, 3.05) is 4.90 Å². The van der Waals surface area contributed by atoms with Crippen molar-refractivity contribution >= 4 is 34.0 Å². The van der Waals surface area contributed by atoms with E-state index in [-0.39, 0.29) is 0 Å². The van der Waals surface area contributed by atoms with Crippen LogP contribution in [0.5, 0.6) is 0 Å². The monoisotopic (exact) mass is 306 g/mol. The molecule has 0 unspecified atom stereocenters. The molecule has 0 radical (unpaired) electrons. The molecule has 0 N–H and O–H groups in total. The SMILES string of the molecule is ClC(=Nc1ccccc1)N(c1ccccc1)c1ccccc1. The molecule has 0 saturated carbocycles. The molecule has 0 fully saturated rings. The maximum Gasteiger partial charge on any atom is 0.208 e. The van der Waals surface area contributed by atoms with Gasteiger partial charge < -0.3 is 0 Å². The number of benzene rings is 3. The van der Waals surface area contributed by atoms with E-state index >= 15 is 0 Å². The lowest BCUT2D eigenvalue weighted by Gasteiger charge is -2.22. The molecule has 0 saturated heterocycles. The number of para-hydroxylation sites is 3. The Bertz CT molecular complexity index is 701. The summed E-state index contributed by atoms with van der Waals surface area (Å²) in [5.74, 6) is 0. The van der Waals surface area contributed by atoms with Gasteiger partial charge in [0.1, 0.15) is 0 Å². The second-order valence-corrected chi connectivity index (χ2v) is 5.06. The van der Waals surface area contributed by atoms with Crippen LogP contribution in [0.3, 0.4) is 0 Å². The largest absolute Gasteiger partial charge is 0.285 e. The first-order valence-electron chi connectivity index (χ1n) is 7.04. The van der Waals surface area contributed by atoms with Gasteiger partial charge >= 0.3 is 0 Å². The Morgan fingerprint density at radius 3 is 1.50 bits per heavy atom. The Morgan fingerprint density at radius 1 is 0.636 bits per heavy atom. The summed E-state index contributed by atoms with van der Waals surface area (Å²) >= 11 is 6.53. The van der Waals surface area contributed by atoms with Crippen LogP contribution in [0.2, 0.25) is 0 Å². The van der Waals surface area contributed by atoms with Gasteiger partial charge in [0, 0.05) is 11.4 Å². The van der Waals surface area contributed by atoms with Gasteiger partial charge in [-0.2, -0.15) is 0 Å². The molecule has 0 aromatic heterocycles. The van der Waals surface area contributed by atoms with Gasteiger partial charge in [0.15, 0.2) is 0 Å². The summed E-state index contributed by atoms with van der Waals surface area (Å²) < 4.78 is 0. The number of nitrogens with zero attached hydrogens (tertiary/aromatic N) is 2. The topological polar surface area (TPSA) is 15.6 Å². The number of amidine groups is 1. The van der Waals surface area contributed by atoms with Gasteiger partial charge in [-0.3, -0.25) is 4.90 Å². The molecule has 0 heterocycles. The Hall–Kier alpha value is -2.58. The predicted octanol–water partition coefficient (Wildman–Crippen LogP) is 5.75. The molecular formula is C19H15ClN2. The molecule has 0 atom stereocenters. The minimum Gasteiger partial charge on any atom is -0.285 e. The second kappa shape index (κ2) is 6.92. The minimum absolute atomic E-state index is 0.406. The number of anilines is 2. The smallest absolute Gasteiger partial charge is 0.208 e. The van der Waals surface area contributed by atoms with E-state index in [0.717, 1.165) is 17.1 Å². The molecule has 3 aromatic carbocycles. The van der Waals surface area contributed by atoms with Crippen LogP contribution in [-0.4, -0.2) is 5.29 Å². The van der Waals surface area contributed by atoms with Crippen LogP contribution >= 0.6 is 11.6 Å². The van der Waals surface area contributed by atoms with E-state index in [2.05, 4.69) is 4.99 Å². The maximum absolute atomic E-state index is 6.53. The van der Waals surface area contributed by atoms with Crippen molar-refractivity contribution < 1.29 is 0 Å². The molecule has 2 nitrogen and oxygen atoms in total. The predicted molar refractivity (Wildman–Crippen MR) is 94.4 cm³/mol. The van der Waals surface area contributed by atoms with Gasteiger partial charge in [-0.25, -0.2) is 4.99 Å². The van der Waals surface area contributed by atoms with Gasteiger partial charge in [0.05, 0.1) is 5.69 Å². The van der Waals surface area contributed by atoms with Crippen LogP contribution in [0.25, 0.3) is 0 Å².